The Hall–Kier alpha value is -3.00. The number of likely N-dealkylation sites (N-methyl/N-ethyl adjacent to an activating group) is 2. The summed E-state index contributed by atoms with van der Waals surface area (Å²) in [6, 6.07) is 7.95. The van der Waals surface area contributed by atoms with Gasteiger partial charge in [-0.15, -0.1) is 9.78 Å². The van der Waals surface area contributed by atoms with Crippen LogP contribution < -0.4 is 0 Å². The fourth-order valence-corrected chi connectivity index (χ4v) is 3.66. The number of fused-ring (bicyclic) bond motifs is 1. The molecular weight excluding hydrogens is 380 g/mol. The third kappa shape index (κ3) is 2.80. The Morgan fingerprint density at radius 3 is 2.46 bits per heavy atom. The highest BCUT2D eigenvalue weighted by Gasteiger charge is 2.52. The summed E-state index contributed by atoms with van der Waals surface area (Å²) in [6.45, 7) is 3.99. The third-order valence-corrected chi connectivity index (χ3v) is 5.23. The maximum Gasteiger partial charge on any atom is 0.421 e. The van der Waals surface area contributed by atoms with E-state index in [1.807, 2.05) is 19.9 Å². The standard InChI is InChI=1S/C19H20ClN6O2/c1-11-9-12(2)26(22-11)18-21-16-15(23(18)3)17(27)25(19(28)24(16)4)10-13-5-7-14(20)8-6-13/h5-9,15H,10H2,1-4H3/q+1. The average molecular weight is 400 g/mol. The van der Waals surface area contributed by atoms with Crippen LogP contribution in [0.15, 0.2) is 35.3 Å². The van der Waals surface area contributed by atoms with E-state index in [4.69, 9.17) is 11.6 Å². The molecule has 0 N–H and O–H groups in total. The number of carbonyl (C=O) groups is 2. The topological polar surface area (TPSA) is 73.8 Å². The van der Waals surface area contributed by atoms with E-state index in [1.165, 1.54) is 9.80 Å². The van der Waals surface area contributed by atoms with Crippen molar-refractivity contribution in [1.82, 2.24) is 19.6 Å². The molecule has 3 amide bonds. The first-order valence-corrected chi connectivity index (χ1v) is 9.21. The number of amidine groups is 1. The summed E-state index contributed by atoms with van der Waals surface area (Å²) in [7, 11) is 3.42. The molecular formula is C19H20ClN6O2+. The highest BCUT2D eigenvalue weighted by molar-refractivity contribution is 6.30. The predicted octanol–water partition coefficient (Wildman–Crippen LogP) is 1.87. The molecule has 3 heterocycles. The van der Waals surface area contributed by atoms with Crippen LogP contribution >= 0.6 is 11.6 Å². The highest BCUT2D eigenvalue weighted by Crippen LogP contribution is 2.22. The number of aliphatic imine (C=N–C) groups is 1. The minimum atomic E-state index is -0.672. The van der Waals surface area contributed by atoms with Crippen molar-refractivity contribution in [3.63, 3.8) is 0 Å². The van der Waals surface area contributed by atoms with Crippen LogP contribution in [0.3, 0.4) is 0 Å². The van der Waals surface area contributed by atoms with Crippen molar-refractivity contribution in [1.29, 1.82) is 0 Å². The van der Waals surface area contributed by atoms with Crippen molar-refractivity contribution in [2.75, 3.05) is 14.1 Å². The number of rotatable bonds is 2. The zero-order valence-corrected chi connectivity index (χ0v) is 16.8. The van der Waals surface area contributed by atoms with Gasteiger partial charge in [-0.1, -0.05) is 28.7 Å². The number of aryl methyl sites for hydroxylation is 2. The largest absolute Gasteiger partial charge is 0.421 e. The van der Waals surface area contributed by atoms with Crippen LogP contribution in [0.4, 0.5) is 4.79 Å². The van der Waals surface area contributed by atoms with E-state index < -0.39 is 12.1 Å². The van der Waals surface area contributed by atoms with Gasteiger partial charge in [0.05, 0.1) is 19.3 Å². The first-order chi connectivity index (χ1) is 13.3. The molecule has 0 saturated carbocycles. The second-order valence-corrected chi connectivity index (χ2v) is 7.45. The second-order valence-electron chi connectivity index (χ2n) is 7.01. The molecule has 28 heavy (non-hydrogen) atoms. The lowest BCUT2D eigenvalue weighted by Crippen LogP contribution is -2.62. The first kappa shape index (κ1) is 18.4. The molecule has 1 aromatic heterocycles. The Labute approximate surface area is 167 Å². The minimum absolute atomic E-state index is 0.173. The molecule has 0 bridgehead atoms. The van der Waals surface area contributed by atoms with E-state index in [2.05, 4.69) is 10.1 Å². The van der Waals surface area contributed by atoms with Crippen molar-refractivity contribution in [2.45, 2.75) is 26.4 Å². The molecule has 4 rings (SSSR count). The van der Waals surface area contributed by atoms with E-state index in [1.54, 1.807) is 47.6 Å². The van der Waals surface area contributed by atoms with Gasteiger partial charge < -0.3 is 0 Å². The monoisotopic (exact) mass is 399 g/mol. The summed E-state index contributed by atoms with van der Waals surface area (Å²) in [4.78, 5) is 33.3. The van der Waals surface area contributed by atoms with Crippen LogP contribution in [0.25, 0.3) is 0 Å². The number of aromatic nitrogens is 2. The number of hydrogen-bond acceptors (Lipinski definition) is 4. The lowest BCUT2D eigenvalue weighted by Gasteiger charge is -2.33. The van der Waals surface area contributed by atoms with Gasteiger partial charge in [-0.3, -0.25) is 14.6 Å². The number of imide groups is 1. The Morgan fingerprint density at radius 2 is 1.86 bits per heavy atom. The van der Waals surface area contributed by atoms with Gasteiger partial charge in [0.15, 0.2) is 0 Å². The van der Waals surface area contributed by atoms with E-state index >= 15 is 0 Å². The fourth-order valence-electron chi connectivity index (χ4n) is 3.53. The number of benzene rings is 1. The molecule has 8 nitrogen and oxygen atoms in total. The van der Waals surface area contributed by atoms with Crippen LogP contribution in [0, 0.1) is 13.8 Å². The van der Waals surface area contributed by atoms with Crippen molar-refractivity contribution in [2.24, 2.45) is 4.99 Å². The Kier molecular flexibility index (Phi) is 4.30. The van der Waals surface area contributed by atoms with E-state index in [0.29, 0.717) is 16.8 Å². The number of halogens is 1. The molecule has 1 atom stereocenters. The van der Waals surface area contributed by atoms with Crippen molar-refractivity contribution >= 4 is 35.3 Å². The number of amides is 3. The van der Waals surface area contributed by atoms with Gasteiger partial charge in [-0.25, -0.2) is 9.37 Å². The van der Waals surface area contributed by atoms with Crippen LogP contribution in [0.5, 0.6) is 0 Å². The van der Waals surface area contributed by atoms with Crippen molar-refractivity contribution in [3.8, 4) is 0 Å². The van der Waals surface area contributed by atoms with Gasteiger partial charge in [0, 0.05) is 12.1 Å². The van der Waals surface area contributed by atoms with E-state index in [0.717, 1.165) is 17.0 Å². The summed E-state index contributed by atoms with van der Waals surface area (Å²) in [5, 5.41) is 5.06. The van der Waals surface area contributed by atoms with E-state index in [-0.39, 0.29) is 12.5 Å². The molecule has 1 fully saturated rings. The van der Waals surface area contributed by atoms with Gasteiger partial charge in [0.1, 0.15) is 5.69 Å². The summed E-state index contributed by atoms with van der Waals surface area (Å²) >= 11 is 5.93. The third-order valence-electron chi connectivity index (χ3n) is 4.98. The van der Waals surface area contributed by atoms with Crippen LogP contribution in [0.1, 0.15) is 17.0 Å². The second kappa shape index (κ2) is 6.56. The first-order valence-electron chi connectivity index (χ1n) is 8.83. The zero-order valence-electron chi connectivity index (χ0n) is 16.0. The van der Waals surface area contributed by atoms with E-state index in [9.17, 15) is 9.59 Å². The normalized spacial score (nSPS) is 19.5. The number of carbonyl (C=O) groups excluding carboxylic acids is 2. The molecule has 2 aromatic rings. The average Bonchev–Trinajstić information content (AvgIpc) is 3.17. The van der Waals surface area contributed by atoms with Gasteiger partial charge >= 0.3 is 12.0 Å². The number of nitrogens with zero attached hydrogens (tertiary/aromatic N) is 6. The smallest absolute Gasteiger partial charge is 0.270 e. The highest BCUT2D eigenvalue weighted by atomic mass is 35.5. The summed E-state index contributed by atoms with van der Waals surface area (Å²) in [6.07, 6.45) is 0. The van der Waals surface area contributed by atoms with Gasteiger partial charge in [0.25, 0.3) is 5.91 Å². The molecule has 0 spiro atoms. The van der Waals surface area contributed by atoms with Crippen molar-refractivity contribution in [3.05, 3.63) is 52.3 Å². The number of hydrogen-bond donors (Lipinski definition) is 0. The zero-order chi connectivity index (χ0) is 20.2. The van der Waals surface area contributed by atoms with Crippen molar-refractivity contribution < 1.29 is 14.2 Å². The summed E-state index contributed by atoms with van der Waals surface area (Å²) in [5.74, 6) is 0.621. The summed E-state index contributed by atoms with van der Waals surface area (Å²) in [5.41, 5.74) is 2.58. The molecule has 1 saturated heterocycles. The molecule has 144 valence electrons. The van der Waals surface area contributed by atoms with Crippen LogP contribution in [-0.2, 0) is 11.3 Å². The Morgan fingerprint density at radius 1 is 1.18 bits per heavy atom. The maximum atomic E-state index is 13.2. The molecule has 0 radical (unpaired) electrons. The summed E-state index contributed by atoms with van der Waals surface area (Å²) < 4.78 is 3.45. The molecule has 0 aliphatic carbocycles. The minimum Gasteiger partial charge on any atom is -0.270 e. The molecule has 2 aliphatic rings. The lowest BCUT2D eigenvalue weighted by molar-refractivity contribution is -0.507. The van der Waals surface area contributed by atoms with Gasteiger partial charge in [-0.05, 0) is 37.6 Å². The Balaban J connectivity index is 1.71. The quantitative estimate of drug-likeness (QED) is 0.723. The molecule has 2 aliphatic heterocycles. The fraction of sp³-hybridized carbons (Fsp3) is 0.316. The van der Waals surface area contributed by atoms with Gasteiger partial charge in [0.2, 0.25) is 11.9 Å². The lowest BCUT2D eigenvalue weighted by atomic mass is 10.1. The van der Waals surface area contributed by atoms with Crippen LogP contribution in [0.2, 0.25) is 5.02 Å². The number of urea groups is 1. The van der Waals surface area contributed by atoms with Crippen LogP contribution in [-0.4, -0.2) is 68.0 Å². The predicted molar refractivity (Wildman–Crippen MR) is 105 cm³/mol. The molecule has 1 unspecified atom stereocenters. The SMILES string of the molecule is Cc1cc(C)n(C2=[N+](C)C3C(=O)N(Cc4ccc(Cl)cc4)C(=O)N(C)C3=N2)n1. The maximum absolute atomic E-state index is 13.2. The molecule has 1 aromatic carbocycles. The Bertz CT molecular complexity index is 1050. The molecule has 9 heteroatoms. The van der Waals surface area contributed by atoms with Gasteiger partial charge in [-0.2, -0.15) is 0 Å².